The lowest BCUT2D eigenvalue weighted by molar-refractivity contribution is -0.255. The molecule has 1 N–H and O–H groups in total. The lowest BCUT2D eigenvalue weighted by Gasteiger charge is -2.00. The topological polar surface area (TPSA) is 73.0 Å². The van der Waals surface area contributed by atoms with E-state index in [4.69, 9.17) is 0 Å². The number of carbonyl (C=O) groups is 2. The van der Waals surface area contributed by atoms with Crippen LogP contribution in [0.4, 0.5) is 0 Å². The minimum atomic E-state index is -1.30. The molecule has 0 unspecified atom stereocenters. The van der Waals surface area contributed by atoms with Gasteiger partial charge in [-0.3, -0.25) is 4.79 Å². The van der Waals surface area contributed by atoms with Crippen LogP contribution < -0.4 is 5.11 Å². The summed E-state index contributed by atoms with van der Waals surface area (Å²) < 4.78 is 0. The van der Waals surface area contributed by atoms with E-state index < -0.39 is 5.97 Å². The quantitative estimate of drug-likeness (QED) is 0.684. The fourth-order valence-corrected chi connectivity index (χ4v) is 2.58. The minimum absolute atomic E-state index is 0.0372. The number of rotatable bonds is 4. The summed E-state index contributed by atoms with van der Waals surface area (Å²) >= 11 is 1.55. The van der Waals surface area contributed by atoms with E-state index in [0.717, 1.165) is 5.56 Å². The van der Waals surface area contributed by atoms with Crippen LogP contribution in [-0.4, -0.2) is 16.7 Å². The summed E-state index contributed by atoms with van der Waals surface area (Å²) in [5.41, 5.74) is 2.26. The molecule has 2 heterocycles. The number of aromatic carboxylic acids is 1. The molecule has 0 spiro atoms. The third-order valence-electron chi connectivity index (χ3n) is 2.86. The zero-order valence-electron chi connectivity index (χ0n) is 10.5. The molecule has 98 valence electrons. The van der Waals surface area contributed by atoms with E-state index in [-0.39, 0.29) is 11.5 Å². The van der Waals surface area contributed by atoms with Gasteiger partial charge >= 0.3 is 0 Å². The Morgan fingerprint density at radius 1 is 1.37 bits per heavy atom. The van der Waals surface area contributed by atoms with Crippen molar-refractivity contribution in [1.29, 1.82) is 0 Å². The molecule has 0 amide bonds. The van der Waals surface area contributed by atoms with Gasteiger partial charge in [0.2, 0.25) is 0 Å². The average Bonchev–Trinajstić information content (AvgIpc) is 2.94. The number of carboxylic acid groups (broad SMARTS) is 1. The van der Waals surface area contributed by atoms with Gasteiger partial charge in [0.15, 0.2) is 5.78 Å². The Labute approximate surface area is 114 Å². The second kappa shape index (κ2) is 5.24. The van der Waals surface area contributed by atoms with Gasteiger partial charge in [0, 0.05) is 11.3 Å². The van der Waals surface area contributed by atoms with E-state index in [1.54, 1.807) is 31.3 Å². The highest BCUT2D eigenvalue weighted by atomic mass is 32.1. The van der Waals surface area contributed by atoms with E-state index in [9.17, 15) is 14.7 Å². The maximum Gasteiger partial charge on any atom is 0.187 e. The van der Waals surface area contributed by atoms with Gasteiger partial charge < -0.3 is 14.9 Å². The number of aromatic amines is 1. The number of H-pyrrole nitrogens is 1. The van der Waals surface area contributed by atoms with Crippen LogP contribution in [0.1, 0.15) is 37.7 Å². The number of carbonyl (C=O) groups excluding carboxylic acids is 2. The van der Waals surface area contributed by atoms with Crippen LogP contribution in [-0.2, 0) is 0 Å². The normalized spacial score (nSPS) is 11.1. The lowest BCUT2D eigenvalue weighted by Crippen LogP contribution is -2.23. The fraction of sp³-hybridized carbons (Fsp3) is 0.143. The molecule has 0 saturated heterocycles. The van der Waals surface area contributed by atoms with Gasteiger partial charge in [-0.2, -0.15) is 11.3 Å². The minimum Gasteiger partial charge on any atom is -0.543 e. The van der Waals surface area contributed by atoms with Crippen molar-refractivity contribution in [2.75, 3.05) is 0 Å². The van der Waals surface area contributed by atoms with Crippen LogP contribution in [0.25, 0.3) is 6.08 Å². The highest BCUT2D eigenvalue weighted by Gasteiger charge is 2.16. The van der Waals surface area contributed by atoms with E-state index >= 15 is 0 Å². The van der Waals surface area contributed by atoms with Crippen LogP contribution in [0.3, 0.4) is 0 Å². The molecule has 2 rings (SSSR count). The predicted molar refractivity (Wildman–Crippen MR) is 72.3 cm³/mol. The van der Waals surface area contributed by atoms with Crippen LogP contribution >= 0.6 is 11.3 Å². The number of carboxylic acids is 1. The van der Waals surface area contributed by atoms with E-state index in [1.165, 1.54) is 6.08 Å². The summed E-state index contributed by atoms with van der Waals surface area (Å²) in [6.45, 7) is 3.27. The summed E-state index contributed by atoms with van der Waals surface area (Å²) in [6.07, 6.45) is 3.16. The first-order chi connectivity index (χ1) is 9.00. The van der Waals surface area contributed by atoms with Crippen molar-refractivity contribution in [1.82, 2.24) is 4.98 Å². The first-order valence-corrected chi connectivity index (χ1v) is 6.60. The van der Waals surface area contributed by atoms with Crippen molar-refractivity contribution < 1.29 is 14.7 Å². The van der Waals surface area contributed by atoms with Crippen LogP contribution in [0.2, 0.25) is 0 Å². The molecule has 0 atom stereocenters. The number of hydrogen-bond donors (Lipinski definition) is 1. The van der Waals surface area contributed by atoms with Crippen molar-refractivity contribution in [3.8, 4) is 0 Å². The molecule has 2 aromatic heterocycles. The number of hydrogen-bond acceptors (Lipinski definition) is 4. The zero-order chi connectivity index (χ0) is 14.0. The molecule has 0 fully saturated rings. The van der Waals surface area contributed by atoms with Crippen molar-refractivity contribution in [2.24, 2.45) is 0 Å². The van der Waals surface area contributed by atoms with Crippen LogP contribution in [0.15, 0.2) is 22.9 Å². The Kier molecular flexibility index (Phi) is 3.66. The molecular formula is C14H12NO3S-. The van der Waals surface area contributed by atoms with Crippen molar-refractivity contribution in [3.63, 3.8) is 0 Å². The van der Waals surface area contributed by atoms with Crippen molar-refractivity contribution in [3.05, 3.63) is 51.0 Å². The fourth-order valence-electron chi connectivity index (χ4n) is 1.95. The summed E-state index contributed by atoms with van der Waals surface area (Å²) in [5, 5.41) is 14.7. The summed E-state index contributed by atoms with van der Waals surface area (Å²) in [7, 11) is 0. The molecule has 0 aliphatic rings. The Bertz CT molecular complexity index is 651. The maximum absolute atomic E-state index is 12.1. The van der Waals surface area contributed by atoms with Gasteiger partial charge in [-0.25, -0.2) is 0 Å². The SMILES string of the molecule is Cc1[nH]c(C(=O)[O-])c(C)c1C(=O)/C=C/c1ccsc1. The highest BCUT2D eigenvalue weighted by molar-refractivity contribution is 7.08. The van der Waals surface area contributed by atoms with Crippen molar-refractivity contribution >= 4 is 29.2 Å². The second-order valence-electron chi connectivity index (χ2n) is 4.17. The Hall–Kier alpha value is -2.14. The maximum atomic E-state index is 12.1. The Balaban J connectivity index is 2.32. The van der Waals surface area contributed by atoms with Gasteiger partial charge in [0.25, 0.3) is 0 Å². The first kappa shape index (κ1) is 13.3. The molecule has 0 aromatic carbocycles. The van der Waals surface area contributed by atoms with Gasteiger partial charge in [-0.05, 0) is 47.9 Å². The third kappa shape index (κ3) is 2.66. The van der Waals surface area contributed by atoms with Crippen molar-refractivity contribution in [2.45, 2.75) is 13.8 Å². The molecule has 4 nitrogen and oxygen atoms in total. The van der Waals surface area contributed by atoms with E-state index in [0.29, 0.717) is 16.8 Å². The standard InChI is InChI=1S/C14H13NO3S/c1-8-12(9(2)15-13(8)14(17)18)11(16)4-3-10-5-6-19-7-10/h3-7,15H,1-2H3,(H,17,18)/p-1/b4-3+. The number of allylic oxidation sites excluding steroid dienone is 1. The second-order valence-corrected chi connectivity index (χ2v) is 4.95. The van der Waals surface area contributed by atoms with Gasteiger partial charge in [-0.15, -0.1) is 0 Å². The predicted octanol–water partition coefficient (Wildman–Crippen LogP) is 1.95. The monoisotopic (exact) mass is 274 g/mol. The molecule has 0 bridgehead atoms. The average molecular weight is 274 g/mol. The highest BCUT2D eigenvalue weighted by Crippen LogP contribution is 2.19. The number of nitrogens with one attached hydrogen (secondary N) is 1. The van der Waals surface area contributed by atoms with E-state index in [1.807, 2.05) is 16.8 Å². The molecule has 2 aromatic rings. The molecule has 0 aliphatic carbocycles. The van der Waals surface area contributed by atoms with E-state index in [2.05, 4.69) is 4.98 Å². The van der Waals surface area contributed by atoms with Crippen LogP contribution in [0.5, 0.6) is 0 Å². The van der Waals surface area contributed by atoms with Gasteiger partial charge in [-0.1, -0.05) is 6.08 Å². The molecule has 5 heteroatoms. The largest absolute Gasteiger partial charge is 0.543 e. The Morgan fingerprint density at radius 3 is 2.63 bits per heavy atom. The number of thiophene rings is 1. The summed E-state index contributed by atoms with van der Waals surface area (Å²) in [5.74, 6) is -1.52. The lowest BCUT2D eigenvalue weighted by atomic mass is 10.0. The molecular weight excluding hydrogens is 262 g/mol. The first-order valence-electron chi connectivity index (χ1n) is 5.66. The summed E-state index contributed by atoms with van der Waals surface area (Å²) in [6, 6.07) is 1.90. The third-order valence-corrected chi connectivity index (χ3v) is 3.56. The summed E-state index contributed by atoms with van der Waals surface area (Å²) in [4.78, 5) is 25.7. The zero-order valence-corrected chi connectivity index (χ0v) is 11.3. The Morgan fingerprint density at radius 2 is 2.11 bits per heavy atom. The number of aryl methyl sites for hydroxylation is 1. The van der Waals surface area contributed by atoms with Crippen LogP contribution in [0, 0.1) is 13.8 Å². The van der Waals surface area contributed by atoms with Gasteiger partial charge in [0.1, 0.15) is 0 Å². The molecule has 0 radical (unpaired) electrons. The molecule has 0 saturated carbocycles. The number of aromatic nitrogens is 1. The number of ketones is 1. The van der Waals surface area contributed by atoms with Gasteiger partial charge in [0.05, 0.1) is 11.7 Å². The molecule has 0 aliphatic heterocycles. The smallest absolute Gasteiger partial charge is 0.187 e. The molecule has 19 heavy (non-hydrogen) atoms.